The van der Waals surface area contributed by atoms with E-state index in [0.717, 1.165) is 5.56 Å². The van der Waals surface area contributed by atoms with Crippen molar-refractivity contribution in [3.63, 3.8) is 0 Å². The Balaban J connectivity index is 1.88. The van der Waals surface area contributed by atoms with Crippen LogP contribution in [-0.2, 0) is 14.3 Å². The Morgan fingerprint density at radius 2 is 1.89 bits per heavy atom. The molecule has 0 saturated carbocycles. The predicted molar refractivity (Wildman–Crippen MR) is 141 cm³/mol. The Bertz CT molecular complexity index is 1580. The molecule has 37 heavy (non-hydrogen) atoms. The average Bonchev–Trinajstić information content (AvgIpc) is 3.18. The molecule has 0 unspecified atom stereocenters. The van der Waals surface area contributed by atoms with Crippen LogP contribution in [0.15, 0.2) is 75.7 Å². The molecular formula is C28H26N2O6S. The van der Waals surface area contributed by atoms with Gasteiger partial charge < -0.3 is 14.2 Å². The van der Waals surface area contributed by atoms with Crippen molar-refractivity contribution in [3.8, 4) is 11.5 Å². The van der Waals surface area contributed by atoms with Gasteiger partial charge in [0.1, 0.15) is 0 Å². The number of rotatable bonds is 7. The summed E-state index contributed by atoms with van der Waals surface area (Å²) in [5, 5.41) is 0. The second kappa shape index (κ2) is 11.2. The van der Waals surface area contributed by atoms with E-state index in [0.29, 0.717) is 26.3 Å². The number of fused-ring (bicyclic) bond motifs is 1. The molecule has 1 aliphatic rings. The van der Waals surface area contributed by atoms with E-state index in [9.17, 15) is 14.4 Å². The van der Waals surface area contributed by atoms with Crippen LogP contribution in [0.25, 0.3) is 12.2 Å². The Labute approximate surface area is 217 Å². The third-order valence-electron chi connectivity index (χ3n) is 5.61. The highest BCUT2D eigenvalue weighted by atomic mass is 32.1. The zero-order chi connectivity index (χ0) is 26.5. The first kappa shape index (κ1) is 25.8. The van der Waals surface area contributed by atoms with Gasteiger partial charge in [-0.1, -0.05) is 59.9 Å². The Morgan fingerprint density at radius 3 is 2.57 bits per heavy atom. The number of methoxy groups -OCH3 is 1. The first-order chi connectivity index (χ1) is 17.8. The summed E-state index contributed by atoms with van der Waals surface area (Å²) < 4.78 is 17.9. The smallest absolute Gasteiger partial charge is 0.338 e. The van der Waals surface area contributed by atoms with Crippen molar-refractivity contribution < 1.29 is 23.8 Å². The fraction of sp³-hybridized carbons (Fsp3) is 0.214. The van der Waals surface area contributed by atoms with Gasteiger partial charge in [0.25, 0.3) is 5.56 Å². The van der Waals surface area contributed by atoms with Crippen LogP contribution in [0.5, 0.6) is 11.5 Å². The van der Waals surface area contributed by atoms with Crippen LogP contribution in [0, 0.1) is 0 Å². The summed E-state index contributed by atoms with van der Waals surface area (Å²) in [6.45, 7) is 4.90. The van der Waals surface area contributed by atoms with Gasteiger partial charge in [0, 0.05) is 6.92 Å². The Hall–Kier alpha value is -4.24. The number of carbonyl (C=O) groups is 2. The summed E-state index contributed by atoms with van der Waals surface area (Å²) in [5.74, 6) is -0.533. The molecule has 2 heterocycles. The van der Waals surface area contributed by atoms with Crippen molar-refractivity contribution >= 4 is 35.4 Å². The van der Waals surface area contributed by atoms with Crippen molar-refractivity contribution in [2.75, 3.05) is 13.7 Å². The van der Waals surface area contributed by atoms with Crippen LogP contribution in [0.1, 0.15) is 37.9 Å². The molecule has 0 amide bonds. The van der Waals surface area contributed by atoms with Gasteiger partial charge >= 0.3 is 11.9 Å². The molecule has 0 bridgehead atoms. The number of allylic oxidation sites excluding steroid dienone is 2. The van der Waals surface area contributed by atoms with Crippen molar-refractivity contribution in [2.24, 2.45) is 4.99 Å². The lowest BCUT2D eigenvalue weighted by Crippen LogP contribution is -2.39. The van der Waals surface area contributed by atoms with Gasteiger partial charge in [-0.3, -0.25) is 14.2 Å². The molecule has 0 spiro atoms. The summed E-state index contributed by atoms with van der Waals surface area (Å²) in [7, 11) is 1.45. The SMILES string of the molecule is CCOC(=O)C1=C(C)N=c2sc(=C/C=C\c3ccccc3)c(=O)n2[C@H]1c1ccc(OC(C)=O)c(OC)c1. The topological polar surface area (TPSA) is 96.2 Å². The van der Waals surface area contributed by atoms with Gasteiger partial charge in [0.15, 0.2) is 16.3 Å². The maximum atomic E-state index is 13.6. The first-order valence-corrected chi connectivity index (χ1v) is 12.4. The molecule has 2 aromatic carbocycles. The molecule has 4 rings (SSSR count). The number of carbonyl (C=O) groups excluding carboxylic acids is 2. The number of thiazole rings is 1. The summed E-state index contributed by atoms with van der Waals surface area (Å²) in [4.78, 5) is 43.2. The number of hydrogen-bond donors (Lipinski definition) is 0. The van der Waals surface area contributed by atoms with Crippen LogP contribution in [0.4, 0.5) is 0 Å². The zero-order valence-electron chi connectivity index (χ0n) is 20.9. The molecule has 9 heteroatoms. The van der Waals surface area contributed by atoms with Crippen LogP contribution < -0.4 is 24.4 Å². The number of esters is 2. The number of aromatic nitrogens is 1. The minimum atomic E-state index is -0.809. The highest BCUT2D eigenvalue weighted by molar-refractivity contribution is 7.07. The first-order valence-electron chi connectivity index (χ1n) is 11.6. The van der Waals surface area contributed by atoms with Gasteiger partial charge in [-0.15, -0.1) is 0 Å². The van der Waals surface area contributed by atoms with Gasteiger partial charge in [-0.25, -0.2) is 9.79 Å². The molecule has 1 atom stereocenters. The summed E-state index contributed by atoms with van der Waals surface area (Å²) in [6, 6.07) is 13.8. The van der Waals surface area contributed by atoms with E-state index >= 15 is 0 Å². The highest BCUT2D eigenvalue weighted by Crippen LogP contribution is 2.36. The lowest BCUT2D eigenvalue weighted by molar-refractivity contribution is -0.139. The summed E-state index contributed by atoms with van der Waals surface area (Å²) in [6.07, 6.45) is 5.46. The molecule has 0 saturated heterocycles. The molecular weight excluding hydrogens is 492 g/mol. The van der Waals surface area contributed by atoms with Gasteiger partial charge in [0.2, 0.25) is 0 Å². The van der Waals surface area contributed by atoms with Crippen molar-refractivity contribution in [1.82, 2.24) is 4.57 Å². The van der Waals surface area contributed by atoms with Crippen molar-refractivity contribution in [2.45, 2.75) is 26.8 Å². The molecule has 190 valence electrons. The predicted octanol–water partition coefficient (Wildman–Crippen LogP) is 3.40. The lowest BCUT2D eigenvalue weighted by atomic mass is 9.95. The number of benzene rings is 2. The maximum absolute atomic E-state index is 13.6. The molecule has 0 aliphatic carbocycles. The highest BCUT2D eigenvalue weighted by Gasteiger charge is 2.34. The van der Waals surface area contributed by atoms with E-state index in [2.05, 4.69) is 4.99 Å². The lowest BCUT2D eigenvalue weighted by Gasteiger charge is -2.25. The van der Waals surface area contributed by atoms with Crippen molar-refractivity contribution in [1.29, 1.82) is 0 Å². The standard InChI is InChI=1S/C28H26N2O6S/c1-5-35-27(33)24-17(2)29-28-30(25(24)20-14-15-21(36-18(3)31)22(16-20)34-4)26(32)23(37-28)13-9-12-19-10-7-6-8-11-19/h6-16,25H,5H2,1-4H3/b12-9-,23-13?/t25-/m0/s1. The number of hydrogen-bond acceptors (Lipinski definition) is 8. The van der Waals surface area contributed by atoms with E-state index in [1.165, 1.54) is 29.9 Å². The van der Waals surface area contributed by atoms with Crippen LogP contribution in [0.2, 0.25) is 0 Å². The van der Waals surface area contributed by atoms with E-state index in [1.807, 2.05) is 42.5 Å². The maximum Gasteiger partial charge on any atom is 0.338 e. The monoisotopic (exact) mass is 518 g/mol. The van der Waals surface area contributed by atoms with Gasteiger partial charge in [-0.05, 0) is 43.2 Å². The number of ether oxygens (including phenoxy) is 3. The summed E-state index contributed by atoms with van der Waals surface area (Å²) in [5.41, 5.74) is 2.01. The largest absolute Gasteiger partial charge is 0.493 e. The van der Waals surface area contributed by atoms with Crippen LogP contribution in [0.3, 0.4) is 0 Å². The quantitative estimate of drug-likeness (QED) is 0.351. The van der Waals surface area contributed by atoms with E-state index in [4.69, 9.17) is 14.2 Å². The molecule has 0 radical (unpaired) electrons. The molecule has 1 aromatic heterocycles. The minimum Gasteiger partial charge on any atom is -0.493 e. The molecule has 8 nitrogen and oxygen atoms in total. The number of nitrogens with zero attached hydrogens (tertiary/aromatic N) is 2. The zero-order valence-corrected chi connectivity index (χ0v) is 21.7. The second-order valence-corrected chi connectivity index (χ2v) is 9.11. The Morgan fingerprint density at radius 1 is 1.14 bits per heavy atom. The third kappa shape index (κ3) is 5.46. The molecule has 1 aliphatic heterocycles. The second-order valence-electron chi connectivity index (χ2n) is 8.10. The van der Waals surface area contributed by atoms with E-state index in [-0.39, 0.29) is 23.5 Å². The van der Waals surface area contributed by atoms with Crippen molar-refractivity contribution in [3.05, 3.63) is 96.7 Å². The molecule has 0 fully saturated rings. The molecule has 0 N–H and O–H groups in total. The fourth-order valence-corrected chi connectivity index (χ4v) is 5.02. The average molecular weight is 519 g/mol. The normalized spacial score (nSPS) is 15.4. The Kier molecular flexibility index (Phi) is 7.83. The summed E-state index contributed by atoms with van der Waals surface area (Å²) >= 11 is 1.24. The van der Waals surface area contributed by atoms with E-state index in [1.54, 1.807) is 38.1 Å². The fourth-order valence-electron chi connectivity index (χ4n) is 4.03. The molecule has 3 aromatic rings. The van der Waals surface area contributed by atoms with Gasteiger partial charge in [0.05, 0.1) is 35.6 Å². The minimum absolute atomic E-state index is 0.172. The van der Waals surface area contributed by atoms with Crippen LogP contribution >= 0.6 is 11.3 Å². The third-order valence-corrected chi connectivity index (χ3v) is 6.61. The van der Waals surface area contributed by atoms with Gasteiger partial charge in [-0.2, -0.15) is 0 Å². The van der Waals surface area contributed by atoms with E-state index < -0.39 is 18.0 Å². The van der Waals surface area contributed by atoms with Crippen LogP contribution in [-0.4, -0.2) is 30.2 Å².